The van der Waals surface area contributed by atoms with Gasteiger partial charge in [-0.05, 0) is 142 Å². The number of hydrogen-bond donors (Lipinski definition) is 0. The summed E-state index contributed by atoms with van der Waals surface area (Å²) in [5, 5.41) is 4.50. The lowest BCUT2D eigenvalue weighted by Crippen LogP contribution is -2.26. The van der Waals surface area contributed by atoms with Crippen molar-refractivity contribution in [2.75, 3.05) is 4.90 Å². The first kappa shape index (κ1) is 43.0. The number of anilines is 3. The van der Waals surface area contributed by atoms with E-state index in [0.29, 0.717) is 0 Å². The van der Waals surface area contributed by atoms with Crippen LogP contribution in [0.3, 0.4) is 0 Å². The third kappa shape index (κ3) is 5.87. The molecule has 76 heavy (non-hydrogen) atoms. The van der Waals surface area contributed by atoms with Gasteiger partial charge in [-0.25, -0.2) is 0 Å². The Morgan fingerprint density at radius 1 is 0.303 bits per heavy atom. The van der Waals surface area contributed by atoms with E-state index >= 15 is 0 Å². The van der Waals surface area contributed by atoms with Crippen molar-refractivity contribution in [2.24, 2.45) is 0 Å². The quantitative estimate of drug-likeness (QED) is 0.165. The Morgan fingerprint density at radius 2 is 0.724 bits per heavy atom. The third-order valence-corrected chi connectivity index (χ3v) is 17.3. The Morgan fingerprint density at radius 3 is 1.36 bits per heavy atom. The van der Waals surface area contributed by atoms with Crippen molar-refractivity contribution >= 4 is 49.8 Å². The van der Waals surface area contributed by atoms with E-state index < -0.39 is 5.41 Å². The molecule has 0 saturated carbocycles. The van der Waals surface area contributed by atoms with Crippen molar-refractivity contribution in [1.29, 1.82) is 0 Å². The van der Waals surface area contributed by atoms with Gasteiger partial charge in [-0.15, -0.1) is 0 Å². The van der Waals surface area contributed by atoms with Crippen molar-refractivity contribution < 1.29 is 4.42 Å². The maximum atomic E-state index is 6.85. The first-order valence-electron chi connectivity index (χ1n) is 26.6. The second kappa shape index (κ2) is 16.0. The summed E-state index contributed by atoms with van der Waals surface area (Å²) in [4.78, 5) is 2.50. The molecule has 0 bridgehead atoms. The molecular formula is C74H49NO. The lowest BCUT2D eigenvalue weighted by atomic mass is 9.70. The van der Waals surface area contributed by atoms with Crippen LogP contribution in [0.25, 0.3) is 99.5 Å². The van der Waals surface area contributed by atoms with E-state index in [-0.39, 0.29) is 5.41 Å². The molecule has 0 aliphatic heterocycles. The molecule has 0 atom stereocenters. The smallest absolute Gasteiger partial charge is 0.143 e. The molecule has 12 aromatic carbocycles. The minimum absolute atomic E-state index is 0.176. The highest BCUT2D eigenvalue weighted by Gasteiger charge is 2.51. The zero-order chi connectivity index (χ0) is 50.3. The summed E-state index contributed by atoms with van der Waals surface area (Å²) < 4.78 is 6.85. The lowest BCUT2D eigenvalue weighted by Gasteiger charge is -2.32. The minimum atomic E-state index is -0.473. The van der Waals surface area contributed by atoms with Crippen LogP contribution in [-0.4, -0.2) is 0 Å². The van der Waals surface area contributed by atoms with Gasteiger partial charge in [0.2, 0.25) is 0 Å². The number of furan rings is 1. The van der Waals surface area contributed by atoms with Gasteiger partial charge in [0.1, 0.15) is 11.2 Å². The Hall–Kier alpha value is -9.50. The Balaban J connectivity index is 0.923. The average Bonchev–Trinajstić information content (AvgIpc) is 4.39. The third-order valence-electron chi connectivity index (χ3n) is 17.3. The highest BCUT2D eigenvalue weighted by molar-refractivity contribution is 6.26. The molecule has 0 fully saturated rings. The highest BCUT2D eigenvalue weighted by atomic mass is 16.3. The first-order chi connectivity index (χ1) is 37.5. The van der Waals surface area contributed by atoms with Crippen LogP contribution in [0.5, 0.6) is 0 Å². The van der Waals surface area contributed by atoms with Crippen LogP contribution in [-0.2, 0) is 10.8 Å². The van der Waals surface area contributed by atoms with Crippen molar-refractivity contribution in [3.05, 3.63) is 294 Å². The first-order valence-corrected chi connectivity index (χ1v) is 26.6. The van der Waals surface area contributed by atoms with Crippen LogP contribution >= 0.6 is 0 Å². The number of benzene rings is 12. The summed E-state index contributed by atoms with van der Waals surface area (Å²) in [6.45, 7) is 4.76. The predicted molar refractivity (Wildman–Crippen MR) is 316 cm³/mol. The van der Waals surface area contributed by atoms with Crippen LogP contribution in [0.1, 0.15) is 47.2 Å². The second-order valence-corrected chi connectivity index (χ2v) is 21.4. The molecule has 1 spiro atoms. The fraction of sp³-hybridized carbons (Fsp3) is 0.0541. The Labute approximate surface area is 442 Å². The molecule has 0 unspecified atom stereocenters. The molecule has 0 amide bonds. The van der Waals surface area contributed by atoms with E-state index in [2.05, 4.69) is 280 Å². The summed E-state index contributed by atoms with van der Waals surface area (Å²) in [5.41, 5.74) is 27.4. The Bertz CT molecular complexity index is 4470. The maximum Gasteiger partial charge on any atom is 0.143 e. The van der Waals surface area contributed by atoms with E-state index in [4.69, 9.17) is 4.42 Å². The highest BCUT2D eigenvalue weighted by Crippen LogP contribution is 2.63. The summed E-state index contributed by atoms with van der Waals surface area (Å²) in [7, 11) is 0. The SMILES string of the molecule is CC1(C)c2ccccc2-c2ccc(N(c3ccc(-c4c(-c5ccc(-c6ccccc6)cc5)c5c6ccccc6oc5c5ccccc45)cc3)c3ccc4c(c3)C3(c5ccccc5-c5ccccc53)c3ccccc3-4)cc21. The molecule has 3 aliphatic rings. The fourth-order valence-corrected chi connectivity index (χ4v) is 14.0. The number of hydrogen-bond acceptors (Lipinski definition) is 2. The molecule has 2 nitrogen and oxygen atoms in total. The van der Waals surface area contributed by atoms with Gasteiger partial charge >= 0.3 is 0 Å². The lowest BCUT2D eigenvalue weighted by molar-refractivity contribution is 0.660. The van der Waals surface area contributed by atoms with Crippen LogP contribution in [0.2, 0.25) is 0 Å². The zero-order valence-electron chi connectivity index (χ0n) is 42.2. The summed E-state index contributed by atoms with van der Waals surface area (Å²) in [6, 6.07) is 97.0. The molecule has 0 N–H and O–H groups in total. The minimum Gasteiger partial charge on any atom is -0.455 e. The van der Waals surface area contributed by atoms with E-state index in [1.807, 2.05) is 0 Å². The van der Waals surface area contributed by atoms with Crippen LogP contribution in [0.15, 0.2) is 265 Å². The summed E-state index contributed by atoms with van der Waals surface area (Å²) in [5.74, 6) is 0. The number of nitrogens with zero attached hydrogens (tertiary/aromatic N) is 1. The number of rotatable bonds is 6. The van der Waals surface area contributed by atoms with Gasteiger partial charge in [-0.2, -0.15) is 0 Å². The molecule has 0 radical (unpaired) electrons. The van der Waals surface area contributed by atoms with Crippen molar-refractivity contribution in [3.8, 4) is 66.8 Å². The van der Waals surface area contributed by atoms with E-state index in [1.54, 1.807) is 0 Å². The van der Waals surface area contributed by atoms with Crippen molar-refractivity contribution in [1.82, 2.24) is 0 Å². The standard InChI is InChI=1S/C74H49NO/c1-73(2)62-27-13-8-20-53(62)57-42-40-51(44-66(57)73)75(52-41-43-58-56-23-11-16-30-65(56)74(67(58)45-52)63-28-14-9-21-54(63)55-22-10-15-29-64(55)74)50-38-36-48(37-39-50)69-59-24-6-7-25-60(59)72-71(61-26-12-17-31-68(61)76-72)70(69)49-34-32-47(33-35-49)46-18-4-3-5-19-46/h3-45H,1-2H3. The monoisotopic (exact) mass is 967 g/mol. The molecular weight excluding hydrogens is 919 g/mol. The molecule has 1 heterocycles. The largest absolute Gasteiger partial charge is 0.455 e. The number of fused-ring (bicyclic) bond motifs is 18. The van der Waals surface area contributed by atoms with E-state index in [9.17, 15) is 0 Å². The molecule has 0 saturated heterocycles. The van der Waals surface area contributed by atoms with Gasteiger partial charge in [0.15, 0.2) is 0 Å². The van der Waals surface area contributed by atoms with Gasteiger partial charge in [0, 0.05) is 44.2 Å². The van der Waals surface area contributed by atoms with Gasteiger partial charge in [0.05, 0.1) is 5.41 Å². The zero-order valence-corrected chi connectivity index (χ0v) is 42.2. The second-order valence-electron chi connectivity index (χ2n) is 21.4. The predicted octanol–water partition coefficient (Wildman–Crippen LogP) is 19.9. The fourth-order valence-electron chi connectivity index (χ4n) is 14.0. The average molecular weight is 968 g/mol. The molecule has 1 aromatic heterocycles. The maximum absolute atomic E-state index is 6.85. The van der Waals surface area contributed by atoms with E-state index in [0.717, 1.165) is 60.9 Å². The van der Waals surface area contributed by atoms with E-state index in [1.165, 1.54) is 89.0 Å². The Kier molecular flexibility index (Phi) is 9.04. The number of para-hydroxylation sites is 1. The summed E-state index contributed by atoms with van der Waals surface area (Å²) in [6.07, 6.45) is 0. The van der Waals surface area contributed by atoms with Crippen LogP contribution in [0, 0.1) is 0 Å². The van der Waals surface area contributed by atoms with Crippen molar-refractivity contribution in [2.45, 2.75) is 24.7 Å². The van der Waals surface area contributed by atoms with Crippen LogP contribution < -0.4 is 4.90 Å². The van der Waals surface area contributed by atoms with Crippen LogP contribution in [0.4, 0.5) is 17.1 Å². The van der Waals surface area contributed by atoms with Gasteiger partial charge in [0.25, 0.3) is 0 Å². The molecule has 16 rings (SSSR count). The van der Waals surface area contributed by atoms with Gasteiger partial charge in [-0.1, -0.05) is 232 Å². The summed E-state index contributed by atoms with van der Waals surface area (Å²) >= 11 is 0. The molecule has 356 valence electrons. The molecule has 2 heteroatoms. The molecule has 13 aromatic rings. The molecule has 3 aliphatic carbocycles. The van der Waals surface area contributed by atoms with Gasteiger partial charge < -0.3 is 9.32 Å². The normalized spacial score (nSPS) is 13.9. The van der Waals surface area contributed by atoms with Gasteiger partial charge in [-0.3, -0.25) is 0 Å². The topological polar surface area (TPSA) is 16.4 Å². The van der Waals surface area contributed by atoms with Crippen molar-refractivity contribution in [3.63, 3.8) is 0 Å².